The number of alkyl halides is 3. The minimum absolute atomic E-state index is 0.000189. The van der Waals surface area contributed by atoms with Crippen LogP contribution in [0.5, 0.6) is 5.75 Å². The lowest BCUT2D eigenvalue weighted by Crippen LogP contribution is -2.61. The van der Waals surface area contributed by atoms with Crippen molar-refractivity contribution in [3.63, 3.8) is 0 Å². The van der Waals surface area contributed by atoms with Crippen molar-refractivity contribution < 1.29 is 36.6 Å². The molecule has 1 aliphatic rings. The van der Waals surface area contributed by atoms with Crippen LogP contribution < -0.4 is 4.74 Å². The first-order chi connectivity index (χ1) is 15.5. The molecular formula is C22H21ClF4N2O4. The molecule has 0 N–H and O–H groups in total. The Balaban J connectivity index is 1.72. The summed E-state index contributed by atoms with van der Waals surface area (Å²) in [6.07, 6.45) is -6.68. The van der Waals surface area contributed by atoms with Gasteiger partial charge in [-0.05, 0) is 48.9 Å². The molecular weight excluding hydrogens is 468 g/mol. The second-order valence-corrected chi connectivity index (χ2v) is 7.99. The Morgan fingerprint density at radius 2 is 1.70 bits per heavy atom. The number of carbonyl (C=O) groups excluding carboxylic acids is 2. The topological polar surface area (TPSA) is 59.1 Å². The van der Waals surface area contributed by atoms with E-state index in [4.69, 9.17) is 16.3 Å². The predicted molar refractivity (Wildman–Crippen MR) is 111 cm³/mol. The highest BCUT2D eigenvalue weighted by atomic mass is 35.5. The number of halogens is 5. The number of amides is 1. The molecule has 178 valence electrons. The van der Waals surface area contributed by atoms with Crippen molar-refractivity contribution in [3.8, 4) is 5.75 Å². The normalized spacial score (nSPS) is 19.3. The van der Waals surface area contributed by atoms with E-state index in [9.17, 15) is 27.2 Å². The summed E-state index contributed by atoms with van der Waals surface area (Å²) >= 11 is 5.80. The molecule has 11 heteroatoms. The van der Waals surface area contributed by atoms with Gasteiger partial charge in [-0.2, -0.15) is 13.2 Å². The average molecular weight is 489 g/mol. The number of benzene rings is 2. The van der Waals surface area contributed by atoms with Gasteiger partial charge in [-0.15, -0.1) is 0 Å². The molecule has 1 fully saturated rings. The van der Waals surface area contributed by atoms with Crippen LogP contribution in [0.1, 0.15) is 12.5 Å². The molecule has 0 saturated carbocycles. The summed E-state index contributed by atoms with van der Waals surface area (Å²) in [4.78, 5) is 27.1. The zero-order chi connectivity index (χ0) is 24.2. The number of rotatable bonds is 6. The third-order valence-electron chi connectivity index (χ3n) is 5.09. The molecule has 2 aromatic rings. The Kier molecular flexibility index (Phi) is 7.80. The second-order valence-electron chi connectivity index (χ2n) is 7.55. The quantitative estimate of drug-likeness (QED) is 0.454. The number of esters is 1. The van der Waals surface area contributed by atoms with Gasteiger partial charge in [-0.1, -0.05) is 23.7 Å². The van der Waals surface area contributed by atoms with Crippen LogP contribution in [0.4, 0.5) is 17.6 Å². The van der Waals surface area contributed by atoms with Gasteiger partial charge in [0.15, 0.2) is 12.8 Å². The summed E-state index contributed by atoms with van der Waals surface area (Å²) in [6, 6.07) is 11.6. The van der Waals surface area contributed by atoms with Crippen LogP contribution in [0.3, 0.4) is 0 Å². The summed E-state index contributed by atoms with van der Waals surface area (Å²) in [5.74, 6) is -3.10. The molecule has 0 aromatic heterocycles. The Morgan fingerprint density at radius 1 is 1.06 bits per heavy atom. The lowest BCUT2D eigenvalue weighted by Gasteiger charge is -2.44. The molecule has 2 atom stereocenters. The van der Waals surface area contributed by atoms with E-state index in [1.165, 1.54) is 12.1 Å². The molecule has 1 heterocycles. The second kappa shape index (κ2) is 10.4. The third-order valence-corrected chi connectivity index (χ3v) is 5.34. The van der Waals surface area contributed by atoms with Crippen molar-refractivity contribution in [2.45, 2.75) is 31.9 Å². The van der Waals surface area contributed by atoms with E-state index in [1.807, 2.05) is 0 Å². The van der Waals surface area contributed by atoms with Crippen molar-refractivity contribution in [1.82, 2.24) is 9.80 Å². The van der Waals surface area contributed by atoms with Crippen LogP contribution in [0.2, 0.25) is 5.02 Å². The monoisotopic (exact) mass is 488 g/mol. The van der Waals surface area contributed by atoms with Gasteiger partial charge < -0.3 is 14.4 Å². The van der Waals surface area contributed by atoms with Gasteiger partial charge in [-0.25, -0.2) is 9.18 Å². The first-order valence-corrected chi connectivity index (χ1v) is 10.3. The maximum absolute atomic E-state index is 13.2. The summed E-state index contributed by atoms with van der Waals surface area (Å²) < 4.78 is 61.7. The van der Waals surface area contributed by atoms with E-state index >= 15 is 0 Å². The highest BCUT2D eigenvalue weighted by Gasteiger charge is 2.45. The summed E-state index contributed by atoms with van der Waals surface area (Å²) in [7, 11) is 0. The molecule has 2 unspecified atom stereocenters. The fourth-order valence-electron chi connectivity index (χ4n) is 3.35. The minimum Gasteiger partial charge on any atom is -0.484 e. The van der Waals surface area contributed by atoms with Gasteiger partial charge >= 0.3 is 12.1 Å². The molecule has 1 aliphatic heterocycles. The van der Waals surface area contributed by atoms with E-state index in [-0.39, 0.29) is 25.7 Å². The fourth-order valence-corrected chi connectivity index (χ4v) is 3.48. The minimum atomic E-state index is -5.21. The van der Waals surface area contributed by atoms with Crippen LogP contribution in [0.15, 0.2) is 48.5 Å². The zero-order valence-electron chi connectivity index (χ0n) is 17.5. The smallest absolute Gasteiger partial charge is 0.484 e. The van der Waals surface area contributed by atoms with Crippen molar-refractivity contribution in [2.24, 2.45) is 0 Å². The van der Waals surface area contributed by atoms with E-state index < -0.39 is 36.7 Å². The van der Waals surface area contributed by atoms with Crippen LogP contribution >= 0.6 is 11.6 Å². The highest BCUT2D eigenvalue weighted by molar-refractivity contribution is 6.30. The Hall–Kier alpha value is -2.85. The zero-order valence-corrected chi connectivity index (χ0v) is 18.3. The van der Waals surface area contributed by atoms with Gasteiger partial charge in [0.2, 0.25) is 0 Å². The van der Waals surface area contributed by atoms with Crippen LogP contribution in [-0.2, 0) is 20.9 Å². The van der Waals surface area contributed by atoms with Crippen LogP contribution in [0, 0.1) is 5.82 Å². The van der Waals surface area contributed by atoms with E-state index in [0.29, 0.717) is 10.8 Å². The Labute approximate surface area is 192 Å². The molecule has 3 rings (SSSR count). The molecule has 6 nitrogen and oxygen atoms in total. The molecule has 0 spiro atoms. The highest BCUT2D eigenvalue weighted by Crippen LogP contribution is 2.24. The summed E-state index contributed by atoms with van der Waals surface area (Å²) in [6.45, 7) is 1.43. The standard InChI is InChI=1S/C22H21ClF4N2O4/c1-14-10-29(19(30)13-32-18-8-4-16(23)5-9-18)20(33-21(31)22(25,26)27)12-28(14)11-15-2-6-17(24)7-3-15/h2-9,14,20H,10-13H2,1H3. The lowest BCUT2D eigenvalue weighted by molar-refractivity contribution is -0.218. The molecule has 1 saturated heterocycles. The van der Waals surface area contributed by atoms with Gasteiger partial charge in [0.05, 0.1) is 6.54 Å². The van der Waals surface area contributed by atoms with Gasteiger partial charge in [0, 0.05) is 24.2 Å². The van der Waals surface area contributed by atoms with Crippen LogP contribution in [-0.4, -0.2) is 59.8 Å². The van der Waals surface area contributed by atoms with Crippen molar-refractivity contribution in [1.29, 1.82) is 0 Å². The number of nitrogens with zero attached hydrogens (tertiary/aromatic N) is 2. The molecule has 0 aliphatic carbocycles. The first kappa shape index (κ1) is 24.8. The molecule has 0 bridgehead atoms. The average Bonchev–Trinajstić information content (AvgIpc) is 2.76. The predicted octanol–water partition coefficient (Wildman–Crippen LogP) is 4.02. The summed E-state index contributed by atoms with van der Waals surface area (Å²) in [5, 5.41) is 0.471. The van der Waals surface area contributed by atoms with Gasteiger partial charge in [0.25, 0.3) is 5.91 Å². The number of ether oxygens (including phenoxy) is 2. The fraction of sp³-hybridized carbons (Fsp3) is 0.364. The lowest BCUT2D eigenvalue weighted by atomic mass is 10.1. The molecule has 2 aromatic carbocycles. The summed E-state index contributed by atoms with van der Waals surface area (Å²) in [5.41, 5.74) is 0.718. The Morgan fingerprint density at radius 3 is 2.30 bits per heavy atom. The van der Waals surface area contributed by atoms with Gasteiger partial charge in [-0.3, -0.25) is 9.69 Å². The van der Waals surface area contributed by atoms with Gasteiger partial charge in [0.1, 0.15) is 11.6 Å². The van der Waals surface area contributed by atoms with E-state index in [1.54, 1.807) is 48.2 Å². The first-order valence-electron chi connectivity index (χ1n) is 9.97. The van der Waals surface area contributed by atoms with E-state index in [2.05, 4.69) is 4.74 Å². The largest absolute Gasteiger partial charge is 0.491 e. The SMILES string of the molecule is CC1CN(C(=O)COc2ccc(Cl)cc2)C(OC(=O)C(F)(F)F)CN1Cc1ccc(F)cc1. The number of hydrogen-bond acceptors (Lipinski definition) is 5. The number of piperazine rings is 1. The van der Waals surface area contributed by atoms with E-state index in [0.717, 1.165) is 10.5 Å². The number of carbonyl (C=O) groups is 2. The molecule has 1 amide bonds. The maximum Gasteiger partial charge on any atom is 0.491 e. The van der Waals surface area contributed by atoms with Crippen molar-refractivity contribution >= 4 is 23.5 Å². The van der Waals surface area contributed by atoms with Crippen molar-refractivity contribution in [2.75, 3.05) is 19.7 Å². The molecule has 0 radical (unpaired) electrons. The maximum atomic E-state index is 13.2. The third kappa shape index (κ3) is 6.82. The number of hydrogen-bond donors (Lipinski definition) is 0. The van der Waals surface area contributed by atoms with Crippen molar-refractivity contribution in [3.05, 3.63) is 64.9 Å². The molecule has 33 heavy (non-hydrogen) atoms. The van der Waals surface area contributed by atoms with Crippen LogP contribution in [0.25, 0.3) is 0 Å². The Bertz CT molecular complexity index is 970.